The number of ether oxygens (including phenoxy) is 2. The number of rotatable bonds is 6. The number of anilines is 1. The number of imidazole rings is 1. The zero-order chi connectivity index (χ0) is 25.5. The highest BCUT2D eigenvalue weighted by Crippen LogP contribution is 2.34. The Hall–Kier alpha value is -4.12. The molecule has 1 N–H and O–H groups in total. The van der Waals surface area contributed by atoms with Crippen LogP contribution in [-0.4, -0.2) is 37.7 Å². The van der Waals surface area contributed by atoms with Gasteiger partial charge in [0.25, 0.3) is 5.91 Å². The van der Waals surface area contributed by atoms with Gasteiger partial charge in [0.1, 0.15) is 22.9 Å². The molecule has 0 atom stereocenters. The van der Waals surface area contributed by atoms with E-state index in [0.29, 0.717) is 11.0 Å². The molecule has 0 fully saturated rings. The van der Waals surface area contributed by atoms with E-state index in [-0.39, 0.29) is 38.2 Å². The van der Waals surface area contributed by atoms with E-state index in [4.69, 9.17) is 9.47 Å². The molecule has 1 heterocycles. The lowest BCUT2D eigenvalue weighted by atomic mass is 10.1. The Kier molecular flexibility index (Phi) is 6.12. The molecule has 0 bridgehead atoms. The lowest BCUT2D eigenvalue weighted by Gasteiger charge is -2.16. The minimum atomic E-state index is -4.23. The first-order valence-corrected chi connectivity index (χ1v) is 11.8. The first kappa shape index (κ1) is 24.0. The second kappa shape index (κ2) is 8.91. The van der Waals surface area contributed by atoms with Crippen LogP contribution in [-0.2, 0) is 23.9 Å². The van der Waals surface area contributed by atoms with Gasteiger partial charge in [-0.05, 0) is 48.5 Å². The topological polar surface area (TPSA) is 109 Å². The molecule has 9 nitrogen and oxygen atoms in total. The van der Waals surface area contributed by atoms with Gasteiger partial charge < -0.3 is 14.8 Å². The first-order chi connectivity index (χ1) is 16.6. The molecular formula is C24H22FN3O6S. The highest BCUT2D eigenvalue weighted by atomic mass is 32.2. The third kappa shape index (κ3) is 4.03. The molecular weight excluding hydrogens is 477 g/mol. The van der Waals surface area contributed by atoms with Crippen molar-refractivity contribution in [2.45, 2.75) is 9.79 Å². The van der Waals surface area contributed by atoms with Crippen molar-refractivity contribution in [3.05, 3.63) is 76.5 Å². The first-order valence-electron chi connectivity index (χ1n) is 10.3. The fraction of sp³-hybridized carbons (Fsp3) is 0.167. The third-order valence-electron chi connectivity index (χ3n) is 5.69. The molecule has 0 spiro atoms. The molecule has 4 rings (SSSR count). The van der Waals surface area contributed by atoms with Crippen molar-refractivity contribution in [2.24, 2.45) is 14.1 Å². The monoisotopic (exact) mass is 499 g/mol. The number of aryl methyl sites for hydroxylation is 2. The zero-order valence-electron chi connectivity index (χ0n) is 19.3. The molecule has 35 heavy (non-hydrogen) atoms. The van der Waals surface area contributed by atoms with Gasteiger partial charge in [0.15, 0.2) is 0 Å². The maximum Gasteiger partial charge on any atom is 0.328 e. The molecule has 11 heteroatoms. The summed E-state index contributed by atoms with van der Waals surface area (Å²) >= 11 is 0. The number of nitrogens with one attached hydrogen (secondary N) is 1. The largest absolute Gasteiger partial charge is 0.496 e. The Morgan fingerprint density at radius 1 is 0.914 bits per heavy atom. The summed E-state index contributed by atoms with van der Waals surface area (Å²) in [6.45, 7) is 0. The van der Waals surface area contributed by atoms with Crippen LogP contribution in [0.1, 0.15) is 10.4 Å². The summed E-state index contributed by atoms with van der Waals surface area (Å²) in [5, 5.41) is 2.63. The smallest absolute Gasteiger partial charge is 0.328 e. The number of carbonyl (C=O) groups excluding carboxylic acids is 1. The average Bonchev–Trinajstić information content (AvgIpc) is 3.06. The molecule has 0 saturated heterocycles. The Balaban J connectivity index is 1.95. The van der Waals surface area contributed by atoms with Gasteiger partial charge in [0.05, 0.1) is 40.7 Å². The van der Waals surface area contributed by atoms with Crippen LogP contribution in [0.15, 0.2) is 69.2 Å². The number of sulfone groups is 1. The summed E-state index contributed by atoms with van der Waals surface area (Å²) in [6.07, 6.45) is 0. The molecule has 0 unspecified atom stereocenters. The third-order valence-corrected chi connectivity index (χ3v) is 7.50. The second-order valence-corrected chi connectivity index (χ2v) is 9.60. The number of hydrogen-bond donors (Lipinski definition) is 1. The molecule has 0 radical (unpaired) electrons. The number of carbonyl (C=O) groups is 1. The van der Waals surface area contributed by atoms with Gasteiger partial charge in [-0.15, -0.1) is 0 Å². The second-order valence-electron chi connectivity index (χ2n) is 7.69. The highest BCUT2D eigenvalue weighted by Gasteiger charge is 2.27. The minimum absolute atomic E-state index is 0.0599. The molecule has 0 aliphatic heterocycles. The Bertz CT molecular complexity index is 1600. The van der Waals surface area contributed by atoms with Crippen LogP contribution in [0.4, 0.5) is 10.1 Å². The van der Waals surface area contributed by atoms with Crippen molar-refractivity contribution in [3.8, 4) is 11.5 Å². The van der Waals surface area contributed by atoms with Crippen LogP contribution < -0.4 is 20.5 Å². The van der Waals surface area contributed by atoms with Crippen molar-refractivity contribution < 1.29 is 27.1 Å². The molecule has 1 aromatic heterocycles. The number of aromatic nitrogens is 2. The summed E-state index contributed by atoms with van der Waals surface area (Å²) in [7, 11) is 1.60. The van der Waals surface area contributed by atoms with Crippen LogP contribution in [0, 0.1) is 5.82 Å². The molecule has 0 aliphatic carbocycles. The SMILES string of the molecule is COc1cccc(OC)c1C(=O)Nc1cc2c(cc1S(=O)(=O)c1ccc(F)cc1)n(C)c(=O)n2C. The molecule has 3 aromatic carbocycles. The van der Waals surface area contributed by atoms with Crippen molar-refractivity contribution in [1.82, 2.24) is 9.13 Å². The number of methoxy groups -OCH3 is 2. The maximum atomic E-state index is 13.6. The Labute approximate surface area is 200 Å². The average molecular weight is 500 g/mol. The number of benzene rings is 3. The van der Waals surface area contributed by atoms with Crippen LogP contribution in [0.2, 0.25) is 0 Å². The highest BCUT2D eigenvalue weighted by molar-refractivity contribution is 7.91. The zero-order valence-corrected chi connectivity index (χ0v) is 20.1. The summed E-state index contributed by atoms with van der Waals surface area (Å²) in [6, 6.07) is 11.8. The Morgan fingerprint density at radius 2 is 1.46 bits per heavy atom. The normalized spacial score (nSPS) is 11.5. The van der Waals surface area contributed by atoms with Crippen molar-refractivity contribution in [2.75, 3.05) is 19.5 Å². The molecule has 0 saturated carbocycles. The number of amides is 1. The lowest BCUT2D eigenvalue weighted by molar-refractivity contribution is 0.102. The van der Waals surface area contributed by atoms with Gasteiger partial charge in [-0.1, -0.05) is 6.07 Å². The Morgan fingerprint density at radius 3 is 2.00 bits per heavy atom. The van der Waals surface area contributed by atoms with E-state index in [1.807, 2.05) is 0 Å². The van der Waals surface area contributed by atoms with Gasteiger partial charge in [-0.2, -0.15) is 0 Å². The summed E-state index contributed by atoms with van der Waals surface area (Å²) in [5.41, 5.74) is 0.356. The molecule has 1 amide bonds. The lowest BCUT2D eigenvalue weighted by Crippen LogP contribution is -2.19. The summed E-state index contributed by atoms with van der Waals surface area (Å²) in [5.74, 6) is -0.840. The fourth-order valence-electron chi connectivity index (χ4n) is 3.85. The van der Waals surface area contributed by atoms with Crippen LogP contribution >= 0.6 is 0 Å². The van der Waals surface area contributed by atoms with Crippen LogP contribution in [0.25, 0.3) is 11.0 Å². The fourth-order valence-corrected chi connectivity index (χ4v) is 5.26. The van der Waals surface area contributed by atoms with Gasteiger partial charge >= 0.3 is 5.69 Å². The van der Waals surface area contributed by atoms with E-state index in [1.54, 1.807) is 18.2 Å². The van der Waals surface area contributed by atoms with Crippen molar-refractivity contribution in [3.63, 3.8) is 0 Å². The van der Waals surface area contributed by atoms with Gasteiger partial charge in [0, 0.05) is 14.1 Å². The van der Waals surface area contributed by atoms with Crippen LogP contribution in [0.5, 0.6) is 11.5 Å². The predicted molar refractivity (Wildman–Crippen MR) is 128 cm³/mol. The van der Waals surface area contributed by atoms with E-state index >= 15 is 0 Å². The van der Waals surface area contributed by atoms with Crippen molar-refractivity contribution >= 4 is 32.5 Å². The number of hydrogen-bond acceptors (Lipinski definition) is 6. The van der Waals surface area contributed by atoms with E-state index in [0.717, 1.165) is 24.3 Å². The van der Waals surface area contributed by atoms with E-state index in [9.17, 15) is 22.4 Å². The van der Waals surface area contributed by atoms with E-state index < -0.39 is 21.6 Å². The number of fused-ring (bicyclic) bond motifs is 1. The number of halogens is 1. The summed E-state index contributed by atoms with van der Waals surface area (Å²) < 4.78 is 53.8. The maximum absolute atomic E-state index is 13.6. The van der Waals surface area contributed by atoms with E-state index in [1.165, 1.54) is 49.6 Å². The van der Waals surface area contributed by atoms with Gasteiger partial charge in [0.2, 0.25) is 9.84 Å². The van der Waals surface area contributed by atoms with Crippen LogP contribution in [0.3, 0.4) is 0 Å². The minimum Gasteiger partial charge on any atom is -0.496 e. The summed E-state index contributed by atoms with van der Waals surface area (Å²) in [4.78, 5) is 25.4. The van der Waals surface area contributed by atoms with Crippen molar-refractivity contribution in [1.29, 1.82) is 0 Å². The van der Waals surface area contributed by atoms with E-state index in [2.05, 4.69) is 5.32 Å². The quantitative estimate of drug-likeness (QED) is 0.409. The van der Waals surface area contributed by atoms with Gasteiger partial charge in [-0.3, -0.25) is 13.9 Å². The molecule has 0 aliphatic rings. The predicted octanol–water partition coefficient (Wildman–Crippen LogP) is 3.12. The molecule has 182 valence electrons. The number of nitrogens with zero attached hydrogens (tertiary/aromatic N) is 2. The standard InChI is InChI=1S/C24H22FN3O6S/c1-27-17-12-16(26-23(29)22-19(33-3)6-5-7-20(22)34-4)21(13-18(17)28(2)24(27)30)35(31,32)15-10-8-14(25)9-11-15/h5-13H,1-4H3,(H,26,29). The molecule has 4 aromatic rings. The van der Waals surface area contributed by atoms with Gasteiger partial charge in [-0.25, -0.2) is 17.6 Å².